The van der Waals surface area contributed by atoms with Gasteiger partial charge in [-0.1, -0.05) is 48.0 Å². The molecule has 0 aliphatic carbocycles. The first kappa shape index (κ1) is 32.7. The summed E-state index contributed by atoms with van der Waals surface area (Å²) in [5.41, 5.74) is 8.67. The normalized spacial score (nSPS) is 20.2. The number of nitrogens with zero attached hydrogens (tertiary/aromatic N) is 2. The zero-order chi connectivity index (χ0) is 32.8. The van der Waals surface area contributed by atoms with Gasteiger partial charge in [-0.15, -0.1) is 0 Å². The van der Waals surface area contributed by atoms with Crippen molar-refractivity contribution < 1.29 is 19.2 Å². The molecule has 0 spiro atoms. The van der Waals surface area contributed by atoms with Crippen LogP contribution >= 0.6 is 11.6 Å². The number of fused-ring (bicyclic) bond motifs is 2. The average Bonchev–Trinajstić information content (AvgIpc) is 3.67. The molecule has 3 unspecified atom stereocenters. The number of aromatic amines is 1. The Labute approximate surface area is 273 Å². The van der Waals surface area contributed by atoms with Crippen LogP contribution in [0.15, 0.2) is 66.5 Å². The van der Waals surface area contributed by atoms with E-state index in [-0.39, 0.29) is 54.8 Å². The predicted octanol–water partition coefficient (Wildman–Crippen LogP) is 2.64. The zero-order valence-electron chi connectivity index (χ0n) is 25.8. The lowest BCUT2D eigenvalue weighted by Gasteiger charge is -2.40. The van der Waals surface area contributed by atoms with Crippen LogP contribution in [-0.2, 0) is 32.0 Å². The van der Waals surface area contributed by atoms with Crippen molar-refractivity contribution in [2.24, 2.45) is 23.5 Å². The number of benzene rings is 2. The Kier molecular flexibility index (Phi) is 10.4. The van der Waals surface area contributed by atoms with Crippen molar-refractivity contribution in [2.75, 3.05) is 33.2 Å². The fourth-order valence-corrected chi connectivity index (χ4v) is 6.89. The molecule has 2 saturated heterocycles. The van der Waals surface area contributed by atoms with Crippen LogP contribution in [0.5, 0.6) is 0 Å². The van der Waals surface area contributed by atoms with Crippen molar-refractivity contribution in [1.82, 2.24) is 25.4 Å². The Morgan fingerprint density at radius 3 is 2.59 bits per heavy atom. The molecule has 3 heterocycles. The topological polar surface area (TPSA) is 164 Å². The maximum absolute atomic E-state index is 14.0. The highest BCUT2D eigenvalue weighted by Gasteiger charge is 2.48. The number of nitrogens with two attached hydrogens (primary N) is 1. The first-order chi connectivity index (χ1) is 22.2. The molecule has 2 fully saturated rings. The highest BCUT2D eigenvalue weighted by molar-refractivity contribution is 6.31. The molecule has 11 nitrogen and oxygen atoms in total. The van der Waals surface area contributed by atoms with Gasteiger partial charge in [-0.2, -0.15) is 0 Å². The van der Waals surface area contributed by atoms with Gasteiger partial charge in [0.2, 0.25) is 17.7 Å². The zero-order valence-corrected chi connectivity index (χ0v) is 26.6. The molecule has 0 radical (unpaired) electrons. The molecular formula is C34H40ClN7O4. The third-order valence-corrected chi connectivity index (χ3v) is 9.35. The van der Waals surface area contributed by atoms with Gasteiger partial charge < -0.3 is 36.6 Å². The van der Waals surface area contributed by atoms with Crippen molar-refractivity contribution in [3.8, 4) is 0 Å². The fraction of sp³-hybridized carbons (Fsp3) is 0.382. The number of hydrogen-bond donors (Lipinski definition) is 5. The second-order valence-electron chi connectivity index (χ2n) is 12.1. The first-order valence-corrected chi connectivity index (χ1v) is 15.9. The summed E-state index contributed by atoms with van der Waals surface area (Å²) in [5, 5.41) is 14.4. The number of hydrogen-bond acceptors (Lipinski definition) is 6. The van der Waals surface area contributed by atoms with Crippen molar-refractivity contribution in [1.29, 1.82) is 5.41 Å². The Hall–Kier alpha value is -4.64. The van der Waals surface area contributed by atoms with E-state index in [9.17, 15) is 19.2 Å². The predicted molar refractivity (Wildman–Crippen MR) is 177 cm³/mol. The van der Waals surface area contributed by atoms with Gasteiger partial charge in [0.05, 0.1) is 18.0 Å². The monoisotopic (exact) mass is 645 g/mol. The second kappa shape index (κ2) is 14.6. The summed E-state index contributed by atoms with van der Waals surface area (Å²) in [6, 6.07) is 14.7. The van der Waals surface area contributed by atoms with Crippen molar-refractivity contribution in [2.45, 2.75) is 31.7 Å². The molecule has 2 aliphatic rings. The Balaban J connectivity index is 1.34. The van der Waals surface area contributed by atoms with Crippen LogP contribution in [-0.4, -0.2) is 83.9 Å². The third kappa shape index (κ3) is 7.42. The van der Waals surface area contributed by atoms with E-state index in [1.807, 2.05) is 42.5 Å². The Bertz CT molecular complexity index is 1640. The average molecular weight is 646 g/mol. The smallest absolute Gasteiger partial charge is 0.269 e. The number of allylic oxidation sites excluding steroid dienone is 1. The highest BCUT2D eigenvalue weighted by Crippen LogP contribution is 2.36. The van der Waals surface area contributed by atoms with Crippen LogP contribution in [0.4, 0.5) is 0 Å². The number of H-pyrrole nitrogens is 1. The molecule has 4 atom stereocenters. The molecule has 46 heavy (non-hydrogen) atoms. The maximum Gasteiger partial charge on any atom is 0.269 e. The molecular weight excluding hydrogens is 606 g/mol. The molecule has 4 amide bonds. The largest absolute Gasteiger partial charge is 0.394 e. The Morgan fingerprint density at radius 1 is 1.09 bits per heavy atom. The summed E-state index contributed by atoms with van der Waals surface area (Å²) in [4.78, 5) is 60.1. The number of halogens is 1. The number of carbonyl (C=O) groups is 4. The molecule has 2 aliphatic heterocycles. The minimum absolute atomic E-state index is 0.0554. The first-order valence-electron chi connectivity index (χ1n) is 15.5. The number of aryl methyl sites for hydroxylation is 1. The van der Waals surface area contributed by atoms with E-state index in [0.29, 0.717) is 31.0 Å². The summed E-state index contributed by atoms with van der Waals surface area (Å²) in [6.45, 7) is 1.16. The second-order valence-corrected chi connectivity index (χ2v) is 12.5. The molecule has 242 valence electrons. The van der Waals surface area contributed by atoms with Crippen LogP contribution in [0.3, 0.4) is 0 Å². The van der Waals surface area contributed by atoms with Gasteiger partial charge >= 0.3 is 0 Å². The van der Waals surface area contributed by atoms with E-state index < -0.39 is 17.9 Å². The van der Waals surface area contributed by atoms with Gasteiger partial charge in [-0.05, 0) is 60.4 Å². The number of aromatic nitrogens is 1. The van der Waals surface area contributed by atoms with Gasteiger partial charge in [0.25, 0.3) is 5.91 Å². The lowest BCUT2D eigenvalue weighted by atomic mass is 9.79. The number of carbonyl (C=O) groups excluding carboxylic acids is 4. The van der Waals surface area contributed by atoms with Gasteiger partial charge in [-0.25, -0.2) is 0 Å². The van der Waals surface area contributed by atoms with Crippen molar-refractivity contribution in [3.63, 3.8) is 0 Å². The van der Waals surface area contributed by atoms with Gasteiger partial charge in [0.15, 0.2) is 0 Å². The SMILES string of the molecule is CNC(=O)[C@H](CCCc1ccccc1)NC(=O)C1CN(C(=O)Cc2c[nH]c3cc(Cl)ccc23)CC2CN(C(=O)C(N)=CC=N)CC21. The number of piperidine rings is 1. The number of nitrogens with one attached hydrogen (secondary N) is 4. The van der Waals surface area contributed by atoms with E-state index in [4.69, 9.17) is 22.7 Å². The number of rotatable bonds is 11. The number of likely N-dealkylation sites (tertiary alicyclic amines) is 2. The lowest BCUT2D eigenvalue weighted by Crippen LogP contribution is -2.56. The van der Waals surface area contributed by atoms with E-state index in [1.54, 1.807) is 29.1 Å². The third-order valence-electron chi connectivity index (χ3n) is 9.12. The van der Waals surface area contributed by atoms with Crippen molar-refractivity contribution >= 4 is 52.3 Å². The fourth-order valence-electron chi connectivity index (χ4n) is 6.72. The van der Waals surface area contributed by atoms with E-state index >= 15 is 0 Å². The summed E-state index contributed by atoms with van der Waals surface area (Å²) < 4.78 is 0. The molecule has 6 N–H and O–H groups in total. The molecule has 3 aromatic rings. The summed E-state index contributed by atoms with van der Waals surface area (Å²) >= 11 is 6.14. The van der Waals surface area contributed by atoms with Crippen LogP contribution < -0.4 is 16.4 Å². The number of amides is 4. The molecule has 1 aromatic heterocycles. The molecule has 0 saturated carbocycles. The molecule has 12 heteroatoms. The van der Waals surface area contributed by atoms with Gasteiger partial charge in [0, 0.05) is 61.6 Å². The highest BCUT2D eigenvalue weighted by atomic mass is 35.5. The van der Waals surface area contributed by atoms with E-state index in [0.717, 1.165) is 34.7 Å². The quantitative estimate of drug-likeness (QED) is 0.160. The van der Waals surface area contributed by atoms with E-state index in [1.165, 1.54) is 6.08 Å². The summed E-state index contributed by atoms with van der Waals surface area (Å²) in [7, 11) is 1.54. The van der Waals surface area contributed by atoms with Gasteiger partial charge in [0.1, 0.15) is 6.04 Å². The lowest BCUT2D eigenvalue weighted by molar-refractivity contribution is -0.140. The molecule has 2 aromatic carbocycles. The minimum Gasteiger partial charge on any atom is -0.394 e. The van der Waals surface area contributed by atoms with Crippen molar-refractivity contribution in [3.05, 3.63) is 82.7 Å². The van der Waals surface area contributed by atoms with Crippen LogP contribution in [0.25, 0.3) is 10.9 Å². The number of likely N-dealkylation sites (N-methyl/N-ethyl adjacent to an activating group) is 1. The van der Waals surface area contributed by atoms with Crippen LogP contribution in [0.2, 0.25) is 5.02 Å². The van der Waals surface area contributed by atoms with Gasteiger partial charge in [-0.3, -0.25) is 19.2 Å². The maximum atomic E-state index is 14.0. The minimum atomic E-state index is -0.742. The standard InChI is InChI=1S/C34H40ClN7O4/c1-38-33(45)29(9-5-8-21-6-3-2-4-7-21)40-32(44)27-20-41(17-23-18-42(19-26(23)27)34(46)28(37)12-13-36)31(43)14-22-16-39-30-15-24(35)10-11-25(22)30/h2-4,6-7,10-13,15-16,23,26-27,29,36,39H,5,8-9,14,17-20,37H2,1H3,(H,38,45)(H,40,44)/t23?,26?,27?,29-/m0/s1. The molecule has 5 rings (SSSR count). The van der Waals surface area contributed by atoms with E-state index in [2.05, 4.69) is 15.6 Å². The summed E-state index contributed by atoms with van der Waals surface area (Å²) in [6.07, 6.45) is 6.04. The Morgan fingerprint density at radius 2 is 1.85 bits per heavy atom. The van der Waals surface area contributed by atoms with Crippen LogP contribution in [0.1, 0.15) is 24.0 Å². The summed E-state index contributed by atoms with van der Waals surface area (Å²) in [5.74, 6) is -2.18. The molecule has 0 bridgehead atoms. The van der Waals surface area contributed by atoms with Crippen LogP contribution in [0, 0.1) is 23.2 Å².